The summed E-state index contributed by atoms with van der Waals surface area (Å²) in [4.78, 5) is 18.5. The van der Waals surface area contributed by atoms with Gasteiger partial charge < -0.3 is 16.0 Å². The van der Waals surface area contributed by atoms with Crippen LogP contribution in [-0.4, -0.2) is 43.0 Å². The van der Waals surface area contributed by atoms with Crippen LogP contribution in [0.5, 0.6) is 0 Å². The molecule has 0 unspecified atom stereocenters. The molecular weight excluding hydrogens is 252 g/mol. The van der Waals surface area contributed by atoms with Gasteiger partial charge in [0.2, 0.25) is 0 Å². The Hall–Kier alpha value is -2.14. The normalized spacial score (nSPS) is 10.9. The smallest absolute Gasteiger partial charge is 0.269 e. The lowest BCUT2D eigenvalue weighted by Gasteiger charge is -2.10. The summed E-state index contributed by atoms with van der Waals surface area (Å²) in [6.45, 7) is 1.57. The Bertz CT molecular complexity index is 610. The molecule has 1 aromatic carbocycles. The summed E-state index contributed by atoms with van der Waals surface area (Å²) >= 11 is 0. The van der Waals surface area contributed by atoms with E-state index in [1.165, 1.54) is 0 Å². The second-order valence-electron chi connectivity index (χ2n) is 5.03. The minimum absolute atomic E-state index is 0.179. The van der Waals surface area contributed by atoms with Crippen LogP contribution in [0.25, 0.3) is 10.9 Å². The SMILES string of the molecule is CN(C)CCCNC(=O)c1cc(N)c2ccccc2n1. The number of rotatable bonds is 5. The van der Waals surface area contributed by atoms with Crippen LogP contribution in [0.1, 0.15) is 16.9 Å². The van der Waals surface area contributed by atoms with Gasteiger partial charge in [0.05, 0.1) is 5.52 Å². The maximum absolute atomic E-state index is 12.0. The molecular formula is C15H20N4O. The number of hydrogen-bond donors (Lipinski definition) is 2. The van der Waals surface area contributed by atoms with E-state index in [9.17, 15) is 4.79 Å². The zero-order valence-corrected chi connectivity index (χ0v) is 11.9. The highest BCUT2D eigenvalue weighted by Gasteiger charge is 2.10. The number of para-hydroxylation sites is 1. The quantitative estimate of drug-likeness (QED) is 0.809. The summed E-state index contributed by atoms with van der Waals surface area (Å²) in [6, 6.07) is 9.17. The van der Waals surface area contributed by atoms with Crippen molar-refractivity contribution in [2.75, 3.05) is 32.9 Å². The molecule has 0 bridgehead atoms. The number of hydrogen-bond acceptors (Lipinski definition) is 4. The van der Waals surface area contributed by atoms with Crippen molar-refractivity contribution < 1.29 is 4.79 Å². The fourth-order valence-electron chi connectivity index (χ4n) is 2.01. The number of fused-ring (bicyclic) bond motifs is 1. The second-order valence-corrected chi connectivity index (χ2v) is 5.03. The van der Waals surface area contributed by atoms with Crippen LogP contribution in [0.2, 0.25) is 0 Å². The lowest BCUT2D eigenvalue weighted by Crippen LogP contribution is -2.27. The molecule has 20 heavy (non-hydrogen) atoms. The van der Waals surface area contributed by atoms with Crippen molar-refractivity contribution in [3.05, 3.63) is 36.0 Å². The largest absolute Gasteiger partial charge is 0.398 e. The Morgan fingerprint density at radius 1 is 1.35 bits per heavy atom. The zero-order valence-electron chi connectivity index (χ0n) is 11.9. The monoisotopic (exact) mass is 272 g/mol. The number of nitrogens with one attached hydrogen (secondary N) is 1. The molecule has 1 amide bonds. The van der Waals surface area contributed by atoms with Gasteiger partial charge in [-0.1, -0.05) is 18.2 Å². The number of carbonyl (C=O) groups is 1. The van der Waals surface area contributed by atoms with Crippen LogP contribution in [0, 0.1) is 0 Å². The molecule has 2 aromatic rings. The predicted molar refractivity (Wildman–Crippen MR) is 81.7 cm³/mol. The maximum Gasteiger partial charge on any atom is 0.269 e. The Labute approximate surface area is 118 Å². The molecule has 0 aliphatic heterocycles. The zero-order chi connectivity index (χ0) is 14.5. The number of carbonyl (C=O) groups excluding carboxylic acids is 1. The van der Waals surface area contributed by atoms with Crippen molar-refractivity contribution in [1.29, 1.82) is 0 Å². The van der Waals surface area contributed by atoms with Gasteiger partial charge in [0.1, 0.15) is 5.69 Å². The molecule has 0 aliphatic carbocycles. The van der Waals surface area contributed by atoms with Gasteiger partial charge in [0.25, 0.3) is 5.91 Å². The van der Waals surface area contributed by atoms with E-state index >= 15 is 0 Å². The van der Waals surface area contributed by atoms with Gasteiger partial charge in [-0.25, -0.2) is 4.98 Å². The Balaban J connectivity index is 2.07. The molecule has 0 saturated heterocycles. The van der Waals surface area contributed by atoms with E-state index in [0.29, 0.717) is 17.9 Å². The molecule has 2 rings (SSSR count). The standard InChI is InChI=1S/C15H20N4O/c1-19(2)9-5-8-17-15(20)14-10-12(16)11-6-3-4-7-13(11)18-14/h3-4,6-7,10H,5,8-9H2,1-2H3,(H2,16,18)(H,17,20). The number of nitrogens with two attached hydrogens (primary N) is 1. The number of nitrogen functional groups attached to an aromatic ring is 1. The van der Waals surface area contributed by atoms with Gasteiger partial charge >= 0.3 is 0 Å². The van der Waals surface area contributed by atoms with Crippen molar-refractivity contribution in [3.63, 3.8) is 0 Å². The average Bonchev–Trinajstić information content (AvgIpc) is 2.43. The third kappa shape index (κ3) is 3.45. The van der Waals surface area contributed by atoms with Crippen LogP contribution < -0.4 is 11.1 Å². The highest BCUT2D eigenvalue weighted by molar-refractivity contribution is 5.99. The molecule has 0 aliphatic rings. The van der Waals surface area contributed by atoms with Crippen molar-refractivity contribution in [2.24, 2.45) is 0 Å². The predicted octanol–water partition coefficient (Wildman–Crippen LogP) is 1.50. The number of benzene rings is 1. The van der Waals surface area contributed by atoms with Gasteiger partial charge in [0, 0.05) is 17.6 Å². The first-order valence-electron chi connectivity index (χ1n) is 6.66. The summed E-state index contributed by atoms with van der Waals surface area (Å²) in [6.07, 6.45) is 0.905. The first-order valence-corrected chi connectivity index (χ1v) is 6.66. The summed E-state index contributed by atoms with van der Waals surface area (Å²) in [7, 11) is 4.01. The fourth-order valence-corrected chi connectivity index (χ4v) is 2.01. The van der Waals surface area contributed by atoms with E-state index < -0.39 is 0 Å². The fraction of sp³-hybridized carbons (Fsp3) is 0.333. The summed E-state index contributed by atoms with van der Waals surface area (Å²) < 4.78 is 0. The number of anilines is 1. The van der Waals surface area contributed by atoms with Crippen LogP contribution >= 0.6 is 0 Å². The van der Waals surface area contributed by atoms with Crippen LogP contribution in [0.3, 0.4) is 0 Å². The molecule has 0 spiro atoms. The van der Waals surface area contributed by atoms with E-state index in [4.69, 9.17) is 5.73 Å². The van der Waals surface area contributed by atoms with Crippen LogP contribution in [-0.2, 0) is 0 Å². The minimum Gasteiger partial charge on any atom is -0.398 e. The van der Waals surface area contributed by atoms with Gasteiger partial charge in [-0.15, -0.1) is 0 Å². The Morgan fingerprint density at radius 2 is 2.10 bits per heavy atom. The van der Waals surface area contributed by atoms with Crippen LogP contribution in [0.15, 0.2) is 30.3 Å². The highest BCUT2D eigenvalue weighted by Crippen LogP contribution is 2.19. The number of amides is 1. The first-order chi connectivity index (χ1) is 9.58. The molecule has 5 heteroatoms. The van der Waals surface area contributed by atoms with E-state index in [1.54, 1.807) is 6.07 Å². The number of pyridine rings is 1. The average molecular weight is 272 g/mol. The lowest BCUT2D eigenvalue weighted by atomic mass is 10.1. The molecule has 106 valence electrons. The molecule has 0 atom stereocenters. The molecule has 0 saturated carbocycles. The van der Waals surface area contributed by atoms with E-state index in [1.807, 2.05) is 38.4 Å². The van der Waals surface area contributed by atoms with Crippen molar-refractivity contribution in [3.8, 4) is 0 Å². The Kier molecular flexibility index (Phi) is 4.53. The van der Waals surface area contributed by atoms with Crippen LogP contribution in [0.4, 0.5) is 5.69 Å². The van der Waals surface area contributed by atoms with E-state index in [-0.39, 0.29) is 5.91 Å². The number of nitrogens with zero attached hydrogens (tertiary/aromatic N) is 2. The summed E-state index contributed by atoms with van der Waals surface area (Å²) in [5.41, 5.74) is 7.65. The minimum atomic E-state index is -0.179. The van der Waals surface area contributed by atoms with Crippen molar-refractivity contribution >= 4 is 22.5 Å². The van der Waals surface area contributed by atoms with Gasteiger partial charge in [-0.05, 0) is 39.2 Å². The third-order valence-corrected chi connectivity index (χ3v) is 3.05. The summed E-state index contributed by atoms with van der Waals surface area (Å²) in [5.74, 6) is -0.179. The van der Waals surface area contributed by atoms with E-state index in [0.717, 1.165) is 23.9 Å². The van der Waals surface area contributed by atoms with Gasteiger partial charge in [-0.3, -0.25) is 4.79 Å². The molecule has 0 radical (unpaired) electrons. The summed E-state index contributed by atoms with van der Waals surface area (Å²) in [5, 5.41) is 3.73. The molecule has 3 N–H and O–H groups in total. The molecule has 5 nitrogen and oxygen atoms in total. The third-order valence-electron chi connectivity index (χ3n) is 3.05. The molecule has 1 aromatic heterocycles. The first kappa shape index (κ1) is 14.3. The topological polar surface area (TPSA) is 71.2 Å². The highest BCUT2D eigenvalue weighted by atomic mass is 16.1. The van der Waals surface area contributed by atoms with Gasteiger partial charge in [-0.2, -0.15) is 0 Å². The van der Waals surface area contributed by atoms with Crippen molar-refractivity contribution in [1.82, 2.24) is 15.2 Å². The molecule has 1 heterocycles. The van der Waals surface area contributed by atoms with E-state index in [2.05, 4.69) is 15.2 Å². The molecule has 0 fully saturated rings. The van der Waals surface area contributed by atoms with Gasteiger partial charge in [0.15, 0.2) is 0 Å². The lowest BCUT2D eigenvalue weighted by molar-refractivity contribution is 0.0947. The van der Waals surface area contributed by atoms with Crippen molar-refractivity contribution in [2.45, 2.75) is 6.42 Å². The maximum atomic E-state index is 12.0. The number of aromatic nitrogens is 1. The Morgan fingerprint density at radius 3 is 2.85 bits per heavy atom. The second kappa shape index (κ2) is 6.34.